The minimum absolute atomic E-state index is 0.0146. The average molecular weight is 397 g/mol. The largest absolute Gasteiger partial charge is 0.449 e. The van der Waals surface area contributed by atoms with Gasteiger partial charge in [-0.2, -0.15) is 0 Å². The van der Waals surface area contributed by atoms with Crippen molar-refractivity contribution in [1.29, 1.82) is 0 Å². The fourth-order valence-corrected chi connectivity index (χ4v) is 2.94. The van der Waals surface area contributed by atoms with Gasteiger partial charge in [0.2, 0.25) is 10.0 Å². The Hall–Kier alpha value is -2.42. The normalized spacial score (nSPS) is 12.3. The van der Waals surface area contributed by atoms with Gasteiger partial charge in [-0.3, -0.25) is 4.79 Å². The van der Waals surface area contributed by atoms with Crippen LogP contribution in [0, 0.1) is 0 Å². The number of carbonyl (C=O) groups excluding carboxylic acids is 2. The summed E-state index contributed by atoms with van der Waals surface area (Å²) in [5.41, 5.74) is 0.405. The molecule has 0 aromatic heterocycles. The van der Waals surface area contributed by atoms with Gasteiger partial charge >= 0.3 is 5.97 Å². The van der Waals surface area contributed by atoms with E-state index in [0.29, 0.717) is 5.69 Å². The lowest BCUT2D eigenvalue weighted by Crippen LogP contribution is -2.30. The molecule has 2 aromatic rings. The van der Waals surface area contributed by atoms with Gasteiger partial charge < -0.3 is 10.1 Å². The van der Waals surface area contributed by atoms with E-state index in [9.17, 15) is 18.0 Å². The van der Waals surface area contributed by atoms with Crippen molar-refractivity contribution in [3.05, 3.63) is 59.1 Å². The van der Waals surface area contributed by atoms with Gasteiger partial charge in [0.1, 0.15) is 0 Å². The molecule has 1 amide bonds. The van der Waals surface area contributed by atoms with Crippen molar-refractivity contribution in [2.45, 2.75) is 17.9 Å². The molecule has 0 aliphatic rings. The molecule has 9 heteroatoms. The van der Waals surface area contributed by atoms with Crippen LogP contribution < -0.4 is 10.0 Å². The Morgan fingerprint density at radius 3 is 2.38 bits per heavy atom. The van der Waals surface area contributed by atoms with E-state index in [1.54, 1.807) is 30.3 Å². The topological polar surface area (TPSA) is 102 Å². The SMILES string of the molecule is CNS(=O)(=O)c1ccc(Cl)c(C(=O)O[C@@H](C)C(=O)Nc2ccccc2)c1. The zero-order chi connectivity index (χ0) is 19.3. The lowest BCUT2D eigenvalue weighted by molar-refractivity contribution is -0.123. The molecule has 2 aromatic carbocycles. The van der Waals surface area contributed by atoms with Crippen LogP contribution in [-0.2, 0) is 19.6 Å². The molecule has 0 unspecified atom stereocenters. The van der Waals surface area contributed by atoms with Gasteiger partial charge in [0.15, 0.2) is 6.10 Å². The van der Waals surface area contributed by atoms with E-state index in [-0.39, 0.29) is 15.5 Å². The summed E-state index contributed by atoms with van der Waals surface area (Å²) in [4.78, 5) is 24.3. The number of hydrogen-bond donors (Lipinski definition) is 2. The van der Waals surface area contributed by atoms with E-state index in [1.807, 2.05) is 0 Å². The highest BCUT2D eigenvalue weighted by Gasteiger charge is 2.23. The molecule has 0 aliphatic carbocycles. The lowest BCUT2D eigenvalue weighted by Gasteiger charge is -2.14. The van der Waals surface area contributed by atoms with Crippen LogP contribution >= 0.6 is 11.6 Å². The van der Waals surface area contributed by atoms with Crippen LogP contribution in [0.15, 0.2) is 53.4 Å². The van der Waals surface area contributed by atoms with Gasteiger partial charge in [-0.25, -0.2) is 17.9 Å². The number of nitrogens with one attached hydrogen (secondary N) is 2. The maximum atomic E-state index is 12.3. The number of para-hydroxylation sites is 1. The summed E-state index contributed by atoms with van der Waals surface area (Å²) in [6, 6.07) is 12.3. The van der Waals surface area contributed by atoms with Crippen molar-refractivity contribution < 1.29 is 22.7 Å². The molecule has 0 radical (unpaired) electrons. The van der Waals surface area contributed by atoms with Gasteiger partial charge in [0, 0.05) is 5.69 Å². The van der Waals surface area contributed by atoms with Gasteiger partial charge in [-0.05, 0) is 44.3 Å². The zero-order valence-electron chi connectivity index (χ0n) is 14.0. The molecule has 0 fully saturated rings. The van der Waals surface area contributed by atoms with Crippen molar-refractivity contribution in [3.8, 4) is 0 Å². The van der Waals surface area contributed by atoms with Crippen LogP contribution in [0.1, 0.15) is 17.3 Å². The number of esters is 1. The molecule has 0 spiro atoms. The summed E-state index contributed by atoms with van der Waals surface area (Å²) in [6.45, 7) is 1.40. The summed E-state index contributed by atoms with van der Waals surface area (Å²) >= 11 is 5.96. The maximum Gasteiger partial charge on any atom is 0.340 e. The first-order valence-corrected chi connectivity index (χ1v) is 9.40. The molecule has 0 bridgehead atoms. The molecule has 7 nitrogen and oxygen atoms in total. The fraction of sp³-hybridized carbons (Fsp3) is 0.176. The Bertz CT molecular complexity index is 916. The number of amides is 1. The number of anilines is 1. The number of benzene rings is 2. The monoisotopic (exact) mass is 396 g/mol. The smallest absolute Gasteiger partial charge is 0.340 e. The number of ether oxygens (including phenoxy) is 1. The average Bonchev–Trinajstić information content (AvgIpc) is 2.62. The van der Waals surface area contributed by atoms with Crippen LogP contribution in [0.5, 0.6) is 0 Å². The Morgan fingerprint density at radius 2 is 1.77 bits per heavy atom. The second kappa shape index (κ2) is 8.31. The summed E-state index contributed by atoms with van der Waals surface area (Å²) < 4.78 is 30.9. The first kappa shape index (κ1) is 19.9. The first-order valence-electron chi connectivity index (χ1n) is 7.54. The predicted octanol–water partition coefficient (Wildman–Crippen LogP) is 2.43. The molecule has 0 aliphatic heterocycles. The minimum atomic E-state index is -3.75. The van der Waals surface area contributed by atoms with Crippen LogP contribution in [0.4, 0.5) is 5.69 Å². The Labute approximate surface area is 156 Å². The van der Waals surface area contributed by atoms with E-state index in [2.05, 4.69) is 10.0 Å². The number of hydrogen-bond acceptors (Lipinski definition) is 5. The molecule has 0 saturated carbocycles. The Kier molecular flexibility index (Phi) is 6.36. The van der Waals surface area contributed by atoms with E-state index in [0.717, 1.165) is 6.07 Å². The Balaban J connectivity index is 2.14. The van der Waals surface area contributed by atoms with Crippen molar-refractivity contribution in [1.82, 2.24) is 4.72 Å². The van der Waals surface area contributed by atoms with Gasteiger partial charge in [-0.1, -0.05) is 29.8 Å². The third-order valence-corrected chi connectivity index (χ3v) is 5.17. The van der Waals surface area contributed by atoms with E-state index >= 15 is 0 Å². The molecule has 138 valence electrons. The second-order valence-corrected chi connectivity index (χ2v) is 7.55. The van der Waals surface area contributed by atoms with E-state index in [1.165, 1.54) is 26.1 Å². The van der Waals surface area contributed by atoms with E-state index < -0.39 is 28.0 Å². The van der Waals surface area contributed by atoms with Crippen molar-refractivity contribution in [3.63, 3.8) is 0 Å². The highest BCUT2D eigenvalue weighted by Crippen LogP contribution is 2.22. The molecule has 0 heterocycles. The van der Waals surface area contributed by atoms with Crippen molar-refractivity contribution in [2.24, 2.45) is 0 Å². The number of halogens is 1. The number of rotatable bonds is 6. The fourth-order valence-electron chi connectivity index (χ4n) is 1.99. The maximum absolute atomic E-state index is 12.3. The standard InChI is InChI=1S/C17H17ClN2O5S/c1-11(16(21)20-12-6-4-3-5-7-12)25-17(22)14-10-13(8-9-15(14)18)26(23,24)19-2/h3-11,19H,1-2H3,(H,20,21)/t11-/m0/s1. The number of carbonyl (C=O) groups is 2. The molecular weight excluding hydrogens is 380 g/mol. The molecular formula is C17H17ClN2O5S. The second-order valence-electron chi connectivity index (χ2n) is 5.25. The van der Waals surface area contributed by atoms with Crippen molar-refractivity contribution >= 4 is 39.2 Å². The van der Waals surface area contributed by atoms with Gasteiger partial charge in [-0.15, -0.1) is 0 Å². The number of sulfonamides is 1. The molecule has 0 saturated heterocycles. The quantitative estimate of drug-likeness (QED) is 0.730. The molecule has 2 rings (SSSR count). The third kappa shape index (κ3) is 4.81. The summed E-state index contributed by atoms with van der Waals surface area (Å²) in [5.74, 6) is -1.43. The first-order chi connectivity index (χ1) is 12.2. The van der Waals surface area contributed by atoms with Crippen LogP contribution in [0.2, 0.25) is 5.02 Å². The highest BCUT2D eigenvalue weighted by molar-refractivity contribution is 7.89. The molecule has 26 heavy (non-hydrogen) atoms. The lowest BCUT2D eigenvalue weighted by atomic mass is 10.2. The third-order valence-electron chi connectivity index (χ3n) is 3.43. The van der Waals surface area contributed by atoms with Crippen molar-refractivity contribution in [2.75, 3.05) is 12.4 Å². The summed E-state index contributed by atoms with van der Waals surface area (Å²) in [7, 11) is -2.50. The van der Waals surface area contributed by atoms with Crippen LogP contribution in [0.25, 0.3) is 0 Å². The molecule has 2 N–H and O–H groups in total. The van der Waals surface area contributed by atoms with Crippen LogP contribution in [-0.4, -0.2) is 33.4 Å². The van der Waals surface area contributed by atoms with Crippen LogP contribution in [0.3, 0.4) is 0 Å². The Morgan fingerprint density at radius 1 is 1.12 bits per heavy atom. The predicted molar refractivity (Wildman–Crippen MR) is 97.6 cm³/mol. The van der Waals surface area contributed by atoms with Gasteiger partial charge in [0.25, 0.3) is 5.91 Å². The highest BCUT2D eigenvalue weighted by atomic mass is 35.5. The zero-order valence-corrected chi connectivity index (χ0v) is 15.6. The van der Waals surface area contributed by atoms with Gasteiger partial charge in [0.05, 0.1) is 15.5 Å². The summed E-state index contributed by atoms with van der Waals surface area (Å²) in [6.07, 6.45) is -1.11. The van der Waals surface area contributed by atoms with E-state index in [4.69, 9.17) is 16.3 Å². The molecule has 1 atom stereocenters. The summed E-state index contributed by atoms with van der Waals surface area (Å²) in [5, 5.41) is 2.62. The minimum Gasteiger partial charge on any atom is -0.449 e.